The van der Waals surface area contributed by atoms with E-state index in [0.717, 1.165) is 30.0 Å². The van der Waals surface area contributed by atoms with Crippen molar-refractivity contribution in [1.82, 2.24) is 9.21 Å². The summed E-state index contributed by atoms with van der Waals surface area (Å²) in [6.07, 6.45) is 1.59. The maximum absolute atomic E-state index is 13.0. The first-order valence-corrected chi connectivity index (χ1v) is 13.2. The van der Waals surface area contributed by atoms with Gasteiger partial charge in [-0.2, -0.15) is 9.57 Å². The van der Waals surface area contributed by atoms with Crippen molar-refractivity contribution in [2.75, 3.05) is 39.1 Å². The molecule has 1 aromatic carbocycles. The van der Waals surface area contributed by atoms with Crippen LogP contribution in [0, 0.1) is 17.2 Å². The van der Waals surface area contributed by atoms with Crippen LogP contribution < -0.4 is 5.32 Å². The van der Waals surface area contributed by atoms with Crippen molar-refractivity contribution >= 4 is 38.2 Å². The average Bonchev–Trinajstić information content (AvgIpc) is 3.19. The van der Waals surface area contributed by atoms with Crippen LogP contribution in [-0.4, -0.2) is 63.3 Å². The number of piperidine rings is 1. The van der Waals surface area contributed by atoms with Gasteiger partial charge in [-0.15, -0.1) is 11.3 Å². The molecule has 1 amide bonds. The number of nitrogens with zero attached hydrogens (tertiary/aromatic N) is 3. The molecule has 34 heavy (non-hydrogen) atoms. The van der Waals surface area contributed by atoms with Crippen molar-refractivity contribution in [3.8, 4) is 6.07 Å². The van der Waals surface area contributed by atoms with Gasteiger partial charge in [0.2, 0.25) is 10.0 Å². The molecule has 0 radical (unpaired) electrons. The third-order valence-corrected chi connectivity index (χ3v) is 9.37. The predicted octanol–water partition coefficient (Wildman–Crippen LogP) is 2.43. The van der Waals surface area contributed by atoms with E-state index < -0.39 is 15.9 Å². The van der Waals surface area contributed by atoms with Crippen LogP contribution in [0.2, 0.25) is 0 Å². The lowest BCUT2D eigenvalue weighted by Crippen LogP contribution is -2.40. The highest BCUT2D eigenvalue weighted by molar-refractivity contribution is 7.89. The summed E-state index contributed by atoms with van der Waals surface area (Å²) in [5, 5.41) is 13.0. The van der Waals surface area contributed by atoms with Gasteiger partial charge in [-0.3, -0.25) is 9.59 Å². The van der Waals surface area contributed by atoms with E-state index in [1.165, 1.54) is 47.0 Å². The Bertz CT molecular complexity index is 1240. The lowest BCUT2D eigenvalue weighted by molar-refractivity contribution is -0.146. The van der Waals surface area contributed by atoms with Gasteiger partial charge in [-0.25, -0.2) is 8.42 Å². The first-order valence-electron chi connectivity index (χ1n) is 11.0. The Morgan fingerprint density at radius 2 is 1.85 bits per heavy atom. The van der Waals surface area contributed by atoms with Crippen molar-refractivity contribution in [2.24, 2.45) is 5.92 Å². The van der Waals surface area contributed by atoms with Gasteiger partial charge in [-0.05, 0) is 56.1 Å². The fraction of sp³-hybridized carbons (Fsp3) is 0.435. The Hall–Kier alpha value is -2.78. The zero-order valence-corrected chi connectivity index (χ0v) is 20.7. The minimum Gasteiger partial charge on any atom is -0.469 e. The molecule has 1 fully saturated rings. The smallest absolute Gasteiger partial charge is 0.308 e. The molecule has 1 N–H and O–H groups in total. The highest BCUT2D eigenvalue weighted by Gasteiger charge is 2.32. The van der Waals surface area contributed by atoms with E-state index in [-0.39, 0.29) is 29.9 Å². The number of esters is 1. The summed E-state index contributed by atoms with van der Waals surface area (Å²) in [6.45, 7) is 2.08. The molecule has 0 saturated carbocycles. The number of sulfonamides is 1. The third kappa shape index (κ3) is 4.72. The van der Waals surface area contributed by atoms with Gasteiger partial charge in [0.15, 0.2) is 0 Å². The van der Waals surface area contributed by atoms with Crippen molar-refractivity contribution in [3.63, 3.8) is 0 Å². The first-order chi connectivity index (χ1) is 16.2. The van der Waals surface area contributed by atoms with Crippen molar-refractivity contribution in [3.05, 3.63) is 45.8 Å². The van der Waals surface area contributed by atoms with Crippen LogP contribution in [0.25, 0.3) is 0 Å². The molecule has 1 saturated heterocycles. The Balaban J connectivity index is 1.45. The van der Waals surface area contributed by atoms with Crippen LogP contribution in [0.5, 0.6) is 0 Å². The molecule has 0 spiro atoms. The number of thiophene rings is 1. The quantitative estimate of drug-likeness (QED) is 0.624. The van der Waals surface area contributed by atoms with Gasteiger partial charge in [0, 0.05) is 36.6 Å². The number of hydrogen-bond donors (Lipinski definition) is 1. The summed E-state index contributed by atoms with van der Waals surface area (Å²) in [4.78, 5) is 27.9. The standard InChI is InChI=1S/C23H26N4O5S2/c1-26-10-9-18-19(13-24)22(33-20(18)14-26)25-21(28)15-3-5-17(6-4-15)34(30,31)27-11-7-16(8-12-27)23(29)32-2/h3-6,16H,7-12,14H2,1-2H3,(H,25,28). The number of nitriles is 1. The molecule has 2 aromatic rings. The van der Waals surface area contributed by atoms with E-state index in [4.69, 9.17) is 4.74 Å². The van der Waals surface area contributed by atoms with Gasteiger partial charge < -0.3 is 15.0 Å². The number of anilines is 1. The van der Waals surface area contributed by atoms with E-state index in [1.54, 1.807) is 0 Å². The largest absolute Gasteiger partial charge is 0.469 e. The number of carbonyl (C=O) groups excluding carboxylic acids is 2. The molecule has 1 aromatic heterocycles. The second-order valence-corrected chi connectivity index (χ2v) is 11.5. The molecule has 11 heteroatoms. The monoisotopic (exact) mass is 502 g/mol. The Morgan fingerprint density at radius 1 is 1.18 bits per heavy atom. The number of benzene rings is 1. The second-order valence-electron chi connectivity index (χ2n) is 8.49. The molecular formula is C23H26N4O5S2. The normalized spacial score (nSPS) is 17.6. The van der Waals surface area contributed by atoms with Crippen LogP contribution >= 0.6 is 11.3 Å². The molecule has 0 aliphatic carbocycles. The maximum Gasteiger partial charge on any atom is 0.308 e. The van der Waals surface area contributed by atoms with E-state index in [1.807, 2.05) is 7.05 Å². The molecule has 3 heterocycles. The third-order valence-electron chi connectivity index (χ3n) is 6.33. The number of hydrogen-bond acceptors (Lipinski definition) is 8. The van der Waals surface area contributed by atoms with Crippen molar-refractivity contribution in [1.29, 1.82) is 5.26 Å². The van der Waals surface area contributed by atoms with Crippen LogP contribution in [0.15, 0.2) is 29.2 Å². The van der Waals surface area contributed by atoms with Gasteiger partial charge in [-0.1, -0.05) is 0 Å². The van der Waals surface area contributed by atoms with Crippen molar-refractivity contribution in [2.45, 2.75) is 30.7 Å². The highest BCUT2D eigenvalue weighted by atomic mass is 32.2. The lowest BCUT2D eigenvalue weighted by Gasteiger charge is -2.29. The van der Waals surface area contributed by atoms with Crippen molar-refractivity contribution < 1.29 is 22.7 Å². The van der Waals surface area contributed by atoms with Gasteiger partial charge in [0.05, 0.1) is 23.5 Å². The summed E-state index contributed by atoms with van der Waals surface area (Å²) >= 11 is 1.41. The molecule has 0 atom stereocenters. The van der Waals surface area contributed by atoms with E-state index >= 15 is 0 Å². The van der Waals surface area contributed by atoms with Crippen LogP contribution in [-0.2, 0) is 32.5 Å². The Morgan fingerprint density at radius 3 is 2.47 bits per heavy atom. The molecule has 180 valence electrons. The highest BCUT2D eigenvalue weighted by Crippen LogP contribution is 2.36. The molecule has 2 aliphatic heterocycles. The number of carbonyl (C=O) groups is 2. The minimum atomic E-state index is -3.73. The number of methoxy groups -OCH3 is 1. The number of likely N-dealkylation sites (N-methyl/N-ethyl adjacent to an activating group) is 1. The predicted molar refractivity (Wildman–Crippen MR) is 127 cm³/mol. The minimum absolute atomic E-state index is 0.0907. The van der Waals surface area contributed by atoms with Gasteiger partial charge in [0.25, 0.3) is 5.91 Å². The number of rotatable bonds is 5. The molecule has 0 bridgehead atoms. The zero-order chi connectivity index (χ0) is 24.5. The van der Waals surface area contributed by atoms with Crippen LogP contribution in [0.4, 0.5) is 5.00 Å². The summed E-state index contributed by atoms with van der Waals surface area (Å²) in [6, 6.07) is 7.98. The van der Waals surface area contributed by atoms with Gasteiger partial charge in [0.1, 0.15) is 11.1 Å². The zero-order valence-electron chi connectivity index (χ0n) is 19.0. The number of nitrogens with one attached hydrogen (secondary N) is 1. The fourth-order valence-electron chi connectivity index (χ4n) is 4.34. The van der Waals surface area contributed by atoms with E-state index in [2.05, 4.69) is 16.3 Å². The summed E-state index contributed by atoms with van der Waals surface area (Å²) in [5.74, 6) is -0.999. The van der Waals surface area contributed by atoms with E-state index in [0.29, 0.717) is 29.0 Å². The number of ether oxygens (including phenoxy) is 1. The second kappa shape index (κ2) is 9.84. The molecule has 0 unspecified atom stereocenters. The Kier molecular flexibility index (Phi) is 7.04. The molecule has 2 aliphatic rings. The lowest BCUT2D eigenvalue weighted by atomic mass is 9.99. The average molecular weight is 503 g/mol. The topological polar surface area (TPSA) is 120 Å². The maximum atomic E-state index is 13.0. The summed E-state index contributed by atoms with van der Waals surface area (Å²) in [7, 11) is -0.387. The molecular weight excluding hydrogens is 476 g/mol. The summed E-state index contributed by atoms with van der Waals surface area (Å²) in [5.41, 5.74) is 1.81. The van der Waals surface area contributed by atoms with Crippen LogP contribution in [0.3, 0.4) is 0 Å². The number of amides is 1. The fourth-order valence-corrected chi connectivity index (χ4v) is 7.08. The first kappa shape index (κ1) is 24.3. The number of fused-ring (bicyclic) bond motifs is 1. The van der Waals surface area contributed by atoms with Crippen LogP contribution in [0.1, 0.15) is 39.2 Å². The molecule has 4 rings (SSSR count). The van der Waals surface area contributed by atoms with Gasteiger partial charge >= 0.3 is 5.97 Å². The Labute approximate surface area is 203 Å². The molecule has 9 nitrogen and oxygen atoms in total. The SMILES string of the molecule is COC(=O)C1CCN(S(=O)(=O)c2ccc(C(=O)Nc3sc4c(c3C#N)CCN(C)C4)cc2)CC1. The van der Waals surface area contributed by atoms with E-state index in [9.17, 15) is 23.3 Å². The summed E-state index contributed by atoms with van der Waals surface area (Å²) < 4.78 is 32.1.